The summed E-state index contributed by atoms with van der Waals surface area (Å²) < 4.78 is 41.2. The molecule has 25 heavy (non-hydrogen) atoms. The molecule has 1 unspecified atom stereocenters. The van der Waals surface area contributed by atoms with Crippen LogP contribution in [0.1, 0.15) is 28.9 Å². The molecule has 1 fully saturated rings. The molecule has 1 aliphatic rings. The molecule has 0 aliphatic carbocycles. The van der Waals surface area contributed by atoms with E-state index in [4.69, 9.17) is 0 Å². The number of rotatable bonds is 3. The van der Waals surface area contributed by atoms with Crippen molar-refractivity contribution in [2.45, 2.75) is 25.1 Å². The van der Waals surface area contributed by atoms with Crippen molar-refractivity contribution < 1.29 is 18.0 Å². The number of carbonyl (C=O) groups is 1. The lowest BCUT2D eigenvalue weighted by Crippen LogP contribution is -2.48. The lowest BCUT2D eigenvalue weighted by atomic mass is 10.0. The molecule has 0 bridgehead atoms. The maximum absolute atomic E-state index is 13.2. The Morgan fingerprint density at radius 1 is 1.36 bits per heavy atom. The maximum atomic E-state index is 13.2. The predicted octanol–water partition coefficient (Wildman–Crippen LogP) is 2.23. The lowest BCUT2D eigenvalue weighted by Gasteiger charge is -2.35. The van der Waals surface area contributed by atoms with Crippen LogP contribution < -0.4 is 10.2 Å². The summed E-state index contributed by atoms with van der Waals surface area (Å²) in [6.07, 6.45) is 1.36. The number of amides is 1. The van der Waals surface area contributed by atoms with E-state index in [1.165, 1.54) is 18.6 Å². The fourth-order valence-corrected chi connectivity index (χ4v) is 2.95. The third-order valence-electron chi connectivity index (χ3n) is 4.09. The Balaban J connectivity index is 1.73. The van der Waals surface area contributed by atoms with E-state index >= 15 is 0 Å². The average molecular weight is 353 g/mol. The van der Waals surface area contributed by atoms with Gasteiger partial charge in [0.1, 0.15) is 11.5 Å². The van der Waals surface area contributed by atoms with E-state index < -0.39 is 11.7 Å². The molecule has 3 heterocycles. The van der Waals surface area contributed by atoms with Gasteiger partial charge < -0.3 is 14.8 Å². The Kier molecular flexibility index (Phi) is 4.65. The van der Waals surface area contributed by atoms with E-state index in [-0.39, 0.29) is 30.0 Å². The third kappa shape index (κ3) is 3.92. The number of anilines is 1. The van der Waals surface area contributed by atoms with Crippen molar-refractivity contribution in [3.8, 4) is 0 Å². The number of nitrogens with one attached hydrogen (secondary N) is 1. The molecule has 1 saturated heterocycles. The van der Waals surface area contributed by atoms with Gasteiger partial charge in [-0.25, -0.2) is 9.97 Å². The number of hydrogen-bond acceptors (Lipinski definition) is 4. The number of aromatic nitrogens is 3. The van der Waals surface area contributed by atoms with Gasteiger partial charge in [0.15, 0.2) is 0 Å². The highest BCUT2D eigenvalue weighted by molar-refractivity contribution is 5.92. The summed E-state index contributed by atoms with van der Waals surface area (Å²) in [5, 5.41) is 2.84. The highest BCUT2D eigenvalue weighted by Gasteiger charge is 2.36. The molecular weight excluding hydrogens is 335 g/mol. The van der Waals surface area contributed by atoms with Gasteiger partial charge in [-0.1, -0.05) is 0 Å². The van der Waals surface area contributed by atoms with Crippen LogP contribution in [0.4, 0.5) is 19.0 Å². The summed E-state index contributed by atoms with van der Waals surface area (Å²) in [6, 6.07) is 2.04. The van der Waals surface area contributed by atoms with Crippen LogP contribution in [0.2, 0.25) is 0 Å². The van der Waals surface area contributed by atoms with Crippen LogP contribution in [0.5, 0.6) is 0 Å². The summed E-state index contributed by atoms with van der Waals surface area (Å²) >= 11 is 0. The quantitative estimate of drug-likeness (QED) is 0.919. The summed E-state index contributed by atoms with van der Waals surface area (Å²) in [6.45, 7) is 0.745. The lowest BCUT2D eigenvalue weighted by molar-refractivity contribution is -0.137. The smallest absolute Gasteiger partial charge is 0.354 e. The van der Waals surface area contributed by atoms with E-state index in [2.05, 4.69) is 15.3 Å². The monoisotopic (exact) mass is 353 g/mol. The zero-order valence-electron chi connectivity index (χ0n) is 13.6. The molecule has 0 radical (unpaired) electrons. The number of imidazole rings is 1. The topological polar surface area (TPSA) is 63.1 Å². The predicted molar refractivity (Wildman–Crippen MR) is 85.1 cm³/mol. The SMILES string of the molecule is Cn1cnc(C(=O)NC2CCCN(c3ncccc3C(F)(F)F)C2)c1. The van der Waals surface area contributed by atoms with Crippen molar-refractivity contribution in [3.63, 3.8) is 0 Å². The minimum Gasteiger partial charge on any atom is -0.354 e. The van der Waals surface area contributed by atoms with Gasteiger partial charge >= 0.3 is 6.18 Å². The van der Waals surface area contributed by atoms with Gasteiger partial charge in [0.05, 0.1) is 11.9 Å². The molecule has 1 atom stereocenters. The number of nitrogens with zero attached hydrogens (tertiary/aromatic N) is 4. The third-order valence-corrected chi connectivity index (χ3v) is 4.09. The largest absolute Gasteiger partial charge is 0.419 e. The number of carbonyl (C=O) groups excluding carboxylic acids is 1. The molecule has 1 amide bonds. The van der Waals surface area contributed by atoms with Gasteiger partial charge in [-0.15, -0.1) is 0 Å². The zero-order valence-corrected chi connectivity index (χ0v) is 13.6. The van der Waals surface area contributed by atoms with Gasteiger partial charge in [-0.2, -0.15) is 13.2 Å². The van der Waals surface area contributed by atoms with Crippen LogP contribution in [-0.2, 0) is 13.2 Å². The first-order chi connectivity index (χ1) is 11.8. The first kappa shape index (κ1) is 17.2. The first-order valence-corrected chi connectivity index (χ1v) is 7.90. The van der Waals surface area contributed by atoms with Crippen LogP contribution in [-0.4, -0.2) is 39.6 Å². The fraction of sp³-hybridized carbons (Fsp3) is 0.438. The zero-order chi connectivity index (χ0) is 18.0. The molecule has 2 aromatic heterocycles. The van der Waals surface area contributed by atoms with Gasteiger partial charge in [-0.05, 0) is 25.0 Å². The number of hydrogen-bond donors (Lipinski definition) is 1. The average Bonchev–Trinajstić information content (AvgIpc) is 3.01. The van der Waals surface area contributed by atoms with Gasteiger partial charge in [0, 0.05) is 38.6 Å². The van der Waals surface area contributed by atoms with Crippen LogP contribution in [0.25, 0.3) is 0 Å². The minimum atomic E-state index is -4.46. The second kappa shape index (κ2) is 6.73. The first-order valence-electron chi connectivity index (χ1n) is 7.90. The van der Waals surface area contributed by atoms with Crippen LogP contribution in [0.15, 0.2) is 30.9 Å². The van der Waals surface area contributed by atoms with Crippen molar-refractivity contribution in [1.29, 1.82) is 0 Å². The molecule has 1 aliphatic heterocycles. The second-order valence-corrected chi connectivity index (χ2v) is 6.06. The summed E-state index contributed by atoms with van der Waals surface area (Å²) in [4.78, 5) is 21.7. The van der Waals surface area contributed by atoms with Crippen molar-refractivity contribution >= 4 is 11.7 Å². The molecule has 2 aromatic rings. The molecular formula is C16H18F3N5O. The van der Waals surface area contributed by atoms with E-state index in [1.54, 1.807) is 22.7 Å². The van der Waals surface area contributed by atoms with E-state index in [9.17, 15) is 18.0 Å². The Hall–Kier alpha value is -2.58. The number of halogens is 3. The van der Waals surface area contributed by atoms with Crippen molar-refractivity contribution in [2.24, 2.45) is 7.05 Å². The second-order valence-electron chi connectivity index (χ2n) is 6.06. The van der Waals surface area contributed by atoms with E-state index in [0.29, 0.717) is 19.4 Å². The molecule has 134 valence electrons. The number of aryl methyl sites for hydroxylation is 1. The Morgan fingerprint density at radius 3 is 2.84 bits per heavy atom. The minimum absolute atomic E-state index is 0.0909. The Labute approximate surface area is 142 Å². The summed E-state index contributed by atoms with van der Waals surface area (Å²) in [7, 11) is 1.76. The highest BCUT2D eigenvalue weighted by atomic mass is 19.4. The van der Waals surface area contributed by atoms with Gasteiger partial charge in [-0.3, -0.25) is 4.79 Å². The van der Waals surface area contributed by atoms with Crippen LogP contribution >= 0.6 is 0 Å². The van der Waals surface area contributed by atoms with E-state index in [1.807, 2.05) is 0 Å². The molecule has 0 saturated carbocycles. The molecule has 1 N–H and O–H groups in total. The van der Waals surface area contributed by atoms with Gasteiger partial charge in [0.2, 0.25) is 0 Å². The Bertz CT molecular complexity index is 758. The Morgan fingerprint density at radius 2 is 2.16 bits per heavy atom. The fourth-order valence-electron chi connectivity index (χ4n) is 2.95. The number of pyridine rings is 1. The van der Waals surface area contributed by atoms with Crippen LogP contribution in [0.3, 0.4) is 0 Å². The molecule has 6 nitrogen and oxygen atoms in total. The molecule has 0 spiro atoms. The standard InChI is InChI=1S/C16H18F3N5O/c1-23-9-13(21-10-23)15(25)22-11-4-3-7-24(8-11)14-12(16(17,18)19)5-2-6-20-14/h2,5-6,9-11H,3-4,7-8H2,1H3,(H,22,25). The van der Waals surface area contributed by atoms with Crippen molar-refractivity contribution in [1.82, 2.24) is 19.9 Å². The number of alkyl halides is 3. The normalized spacial score (nSPS) is 18.2. The van der Waals surface area contributed by atoms with E-state index in [0.717, 1.165) is 6.07 Å². The number of piperidine rings is 1. The van der Waals surface area contributed by atoms with Crippen molar-refractivity contribution in [2.75, 3.05) is 18.0 Å². The summed E-state index contributed by atoms with van der Waals surface area (Å²) in [5.74, 6) is -0.420. The summed E-state index contributed by atoms with van der Waals surface area (Å²) in [5.41, 5.74) is -0.472. The highest BCUT2D eigenvalue weighted by Crippen LogP contribution is 2.35. The molecule has 0 aromatic carbocycles. The van der Waals surface area contributed by atoms with Crippen LogP contribution in [0, 0.1) is 0 Å². The molecule has 3 rings (SSSR count). The molecule has 9 heteroatoms. The maximum Gasteiger partial charge on any atom is 0.419 e. The van der Waals surface area contributed by atoms with Crippen molar-refractivity contribution in [3.05, 3.63) is 42.1 Å². The van der Waals surface area contributed by atoms with Gasteiger partial charge in [0.25, 0.3) is 5.91 Å².